The number of hydrogen-bond acceptors (Lipinski definition) is 2. The lowest BCUT2D eigenvalue weighted by Crippen LogP contribution is -2.16. The van der Waals surface area contributed by atoms with Gasteiger partial charge in [-0.2, -0.15) is 18.3 Å². The maximum atomic E-state index is 12.8. The van der Waals surface area contributed by atoms with Crippen molar-refractivity contribution < 1.29 is 18.0 Å². The predicted molar refractivity (Wildman–Crippen MR) is 86.8 cm³/mol. The third kappa shape index (κ3) is 3.51. The monoisotopic (exact) mass is 435 g/mol. The van der Waals surface area contributed by atoms with E-state index in [4.69, 9.17) is 0 Å². The Labute approximate surface area is 144 Å². The molecular weight excluding hydrogens is 422 g/mol. The van der Waals surface area contributed by atoms with Crippen LogP contribution in [0.4, 0.5) is 18.9 Å². The van der Waals surface area contributed by atoms with E-state index in [9.17, 15) is 18.0 Å². The summed E-state index contributed by atoms with van der Waals surface area (Å²) in [6, 6.07) is 3.33. The van der Waals surface area contributed by atoms with Gasteiger partial charge in [0.25, 0.3) is 0 Å². The molecule has 1 aromatic heterocycles. The summed E-state index contributed by atoms with van der Waals surface area (Å²) >= 11 is 1.91. The standard InChI is InChI=1S/C15H13F3IN3O/c1-22-7-8(6-20-22)10-5-11(10)14(23)21-13-4-9(15(16,17)18)2-3-12(13)19/h2-4,6-7,10-11H,5H2,1H3,(H,21,23)/t10-,11+/m1/s1. The van der Waals surface area contributed by atoms with Crippen molar-refractivity contribution in [3.8, 4) is 0 Å². The van der Waals surface area contributed by atoms with E-state index in [-0.39, 0.29) is 23.4 Å². The van der Waals surface area contributed by atoms with Crippen LogP contribution in [0.15, 0.2) is 30.6 Å². The minimum atomic E-state index is -4.43. The molecule has 0 spiro atoms. The SMILES string of the molecule is Cn1cc([C@H]2C[C@@H]2C(=O)Nc2cc(C(F)(F)F)ccc2I)cn1. The number of halogens is 4. The van der Waals surface area contributed by atoms with Crippen LogP contribution >= 0.6 is 22.6 Å². The van der Waals surface area contributed by atoms with Crippen molar-refractivity contribution >= 4 is 34.2 Å². The summed E-state index contributed by atoms with van der Waals surface area (Å²) < 4.78 is 40.5. The molecule has 1 fully saturated rings. The van der Waals surface area contributed by atoms with E-state index in [2.05, 4.69) is 10.4 Å². The zero-order chi connectivity index (χ0) is 16.8. The van der Waals surface area contributed by atoms with Gasteiger partial charge in [0.15, 0.2) is 0 Å². The Hall–Kier alpha value is -1.58. The molecule has 2 atom stereocenters. The lowest BCUT2D eigenvalue weighted by molar-refractivity contribution is -0.137. The second-order valence-corrected chi connectivity index (χ2v) is 6.74. The maximum absolute atomic E-state index is 12.8. The summed E-state index contributed by atoms with van der Waals surface area (Å²) in [6.45, 7) is 0. The highest BCUT2D eigenvalue weighted by Crippen LogP contribution is 2.48. The first kappa shape index (κ1) is 16.3. The number of carbonyl (C=O) groups excluding carboxylic acids is 1. The molecule has 1 saturated carbocycles. The molecule has 0 aliphatic heterocycles. The topological polar surface area (TPSA) is 46.9 Å². The van der Waals surface area contributed by atoms with Gasteiger partial charge in [0.2, 0.25) is 5.91 Å². The molecular formula is C15H13F3IN3O. The zero-order valence-electron chi connectivity index (χ0n) is 12.1. The smallest absolute Gasteiger partial charge is 0.325 e. The van der Waals surface area contributed by atoms with Crippen molar-refractivity contribution in [1.82, 2.24) is 9.78 Å². The van der Waals surface area contributed by atoms with Crippen LogP contribution in [0.1, 0.15) is 23.5 Å². The Morgan fingerprint density at radius 3 is 2.78 bits per heavy atom. The van der Waals surface area contributed by atoms with Crippen molar-refractivity contribution in [1.29, 1.82) is 0 Å². The Balaban J connectivity index is 1.72. The number of aryl methyl sites for hydroxylation is 1. The molecule has 0 saturated heterocycles. The van der Waals surface area contributed by atoms with Crippen LogP contribution in [-0.4, -0.2) is 15.7 Å². The number of benzene rings is 1. The average molecular weight is 435 g/mol. The second kappa shape index (κ2) is 5.81. The van der Waals surface area contributed by atoms with Crippen LogP contribution in [0.3, 0.4) is 0 Å². The van der Waals surface area contributed by atoms with Crippen LogP contribution < -0.4 is 5.32 Å². The van der Waals surface area contributed by atoms with E-state index < -0.39 is 11.7 Å². The van der Waals surface area contributed by atoms with Crippen LogP contribution in [0, 0.1) is 9.49 Å². The molecule has 4 nitrogen and oxygen atoms in total. The van der Waals surface area contributed by atoms with E-state index >= 15 is 0 Å². The first-order valence-electron chi connectivity index (χ1n) is 6.92. The summed E-state index contributed by atoms with van der Waals surface area (Å²) in [5.74, 6) is -0.382. The van der Waals surface area contributed by atoms with Gasteiger partial charge in [-0.15, -0.1) is 0 Å². The quantitative estimate of drug-likeness (QED) is 0.747. The van der Waals surface area contributed by atoms with Gasteiger partial charge in [-0.1, -0.05) is 0 Å². The van der Waals surface area contributed by atoms with Gasteiger partial charge in [0.1, 0.15) is 0 Å². The first-order valence-corrected chi connectivity index (χ1v) is 7.99. The van der Waals surface area contributed by atoms with Crippen LogP contribution in [-0.2, 0) is 18.0 Å². The average Bonchev–Trinajstić information content (AvgIpc) is 3.15. The number of nitrogens with zero attached hydrogens (tertiary/aromatic N) is 2. The fourth-order valence-electron chi connectivity index (χ4n) is 2.51. The fraction of sp³-hybridized carbons (Fsp3) is 0.333. The fourth-order valence-corrected chi connectivity index (χ4v) is 2.98. The molecule has 8 heteroatoms. The second-order valence-electron chi connectivity index (χ2n) is 5.58. The Morgan fingerprint density at radius 1 is 1.43 bits per heavy atom. The van der Waals surface area contributed by atoms with Gasteiger partial charge in [0, 0.05) is 22.7 Å². The first-order chi connectivity index (χ1) is 10.8. The summed E-state index contributed by atoms with van der Waals surface area (Å²) in [6.07, 6.45) is -0.174. The molecule has 1 N–H and O–H groups in total. The van der Waals surface area contributed by atoms with Crippen LogP contribution in [0.5, 0.6) is 0 Å². The van der Waals surface area contributed by atoms with E-state index in [1.807, 2.05) is 28.8 Å². The molecule has 23 heavy (non-hydrogen) atoms. The van der Waals surface area contributed by atoms with Gasteiger partial charge in [-0.25, -0.2) is 0 Å². The normalized spacial score (nSPS) is 20.4. The summed E-state index contributed by atoms with van der Waals surface area (Å²) in [5, 5.41) is 6.68. The number of carbonyl (C=O) groups is 1. The Morgan fingerprint density at radius 2 is 2.17 bits per heavy atom. The van der Waals surface area contributed by atoms with Crippen LogP contribution in [0.25, 0.3) is 0 Å². The van der Waals surface area contributed by atoms with Crippen molar-refractivity contribution in [2.45, 2.75) is 18.5 Å². The molecule has 1 heterocycles. The largest absolute Gasteiger partial charge is 0.416 e. The lowest BCUT2D eigenvalue weighted by atomic mass is 10.1. The van der Waals surface area contributed by atoms with Crippen molar-refractivity contribution in [3.63, 3.8) is 0 Å². The highest BCUT2D eigenvalue weighted by molar-refractivity contribution is 14.1. The van der Waals surface area contributed by atoms with Gasteiger partial charge < -0.3 is 5.32 Å². The van der Waals surface area contributed by atoms with E-state index in [0.29, 0.717) is 9.99 Å². The molecule has 122 valence electrons. The highest BCUT2D eigenvalue weighted by atomic mass is 127. The minimum absolute atomic E-state index is 0.0900. The van der Waals surface area contributed by atoms with Crippen molar-refractivity contribution in [2.24, 2.45) is 13.0 Å². The van der Waals surface area contributed by atoms with Gasteiger partial charge in [-0.05, 0) is 58.7 Å². The summed E-state index contributed by atoms with van der Waals surface area (Å²) in [4.78, 5) is 12.3. The number of aromatic nitrogens is 2. The zero-order valence-corrected chi connectivity index (χ0v) is 14.2. The minimum Gasteiger partial charge on any atom is -0.325 e. The molecule has 1 aliphatic rings. The molecule has 2 aromatic rings. The summed E-state index contributed by atoms with van der Waals surface area (Å²) in [5.41, 5.74) is 0.404. The van der Waals surface area contributed by atoms with Gasteiger partial charge in [-0.3, -0.25) is 9.48 Å². The number of hydrogen-bond donors (Lipinski definition) is 1. The number of anilines is 1. The number of amides is 1. The van der Waals surface area contributed by atoms with E-state index in [1.54, 1.807) is 17.9 Å². The Kier molecular flexibility index (Phi) is 4.11. The van der Waals surface area contributed by atoms with Crippen molar-refractivity contribution in [3.05, 3.63) is 45.3 Å². The number of nitrogens with one attached hydrogen (secondary N) is 1. The van der Waals surface area contributed by atoms with Gasteiger partial charge >= 0.3 is 6.18 Å². The van der Waals surface area contributed by atoms with E-state index in [1.165, 1.54) is 6.07 Å². The molecule has 0 radical (unpaired) electrons. The third-order valence-electron chi connectivity index (χ3n) is 3.83. The molecule has 0 unspecified atom stereocenters. The molecule has 1 aliphatic carbocycles. The molecule has 1 aromatic carbocycles. The molecule has 1 amide bonds. The Bertz CT molecular complexity index is 757. The summed E-state index contributed by atoms with van der Waals surface area (Å²) in [7, 11) is 1.80. The number of alkyl halides is 3. The highest BCUT2D eigenvalue weighted by Gasteiger charge is 2.44. The van der Waals surface area contributed by atoms with E-state index in [0.717, 1.165) is 17.7 Å². The maximum Gasteiger partial charge on any atom is 0.416 e. The van der Waals surface area contributed by atoms with Crippen LogP contribution in [0.2, 0.25) is 0 Å². The third-order valence-corrected chi connectivity index (χ3v) is 4.77. The van der Waals surface area contributed by atoms with Gasteiger partial charge in [0.05, 0.1) is 17.4 Å². The molecule has 0 bridgehead atoms. The number of rotatable bonds is 3. The lowest BCUT2D eigenvalue weighted by Gasteiger charge is -2.11. The predicted octanol–water partition coefficient (Wildman–Crippen LogP) is 3.79. The van der Waals surface area contributed by atoms with Crippen molar-refractivity contribution in [2.75, 3.05) is 5.32 Å². The molecule has 3 rings (SSSR count).